The zero-order valence-electron chi connectivity index (χ0n) is 12.9. The quantitative estimate of drug-likeness (QED) is 0.608. The zero-order valence-corrected chi connectivity index (χ0v) is 14.5. The molecule has 8 heteroatoms. The number of sulfone groups is 1. The van der Waals surface area contributed by atoms with Crippen LogP contribution in [0.4, 0.5) is 0 Å². The Hall–Kier alpha value is -1.54. The van der Waals surface area contributed by atoms with Crippen molar-refractivity contribution >= 4 is 33.4 Å². The summed E-state index contributed by atoms with van der Waals surface area (Å²) in [6.07, 6.45) is 0.622. The molecule has 1 aliphatic heterocycles. The fraction of sp³-hybridized carbons (Fsp3) is 0.467. The standard InChI is InChI=1S/C15H20N2O4S2/c1-11-4-2-3-5-13(11)22-9-15(19)17-16-14(18)8-12-6-7-23(20,21)10-12/h2-5,12H,6-10H2,1H3,(H,16,18)(H,17,19)/t12-/m0/s1. The van der Waals surface area contributed by atoms with E-state index in [1.807, 2.05) is 31.2 Å². The predicted molar refractivity (Wildman–Crippen MR) is 89.6 cm³/mol. The molecule has 0 saturated carbocycles. The van der Waals surface area contributed by atoms with E-state index in [0.29, 0.717) is 6.42 Å². The van der Waals surface area contributed by atoms with Crippen molar-refractivity contribution < 1.29 is 18.0 Å². The van der Waals surface area contributed by atoms with Crippen LogP contribution in [0.2, 0.25) is 0 Å². The van der Waals surface area contributed by atoms with Crippen LogP contribution in [0.1, 0.15) is 18.4 Å². The first-order valence-electron chi connectivity index (χ1n) is 7.32. The summed E-state index contributed by atoms with van der Waals surface area (Å²) in [5.41, 5.74) is 5.79. The van der Waals surface area contributed by atoms with E-state index < -0.39 is 9.84 Å². The van der Waals surface area contributed by atoms with E-state index in [9.17, 15) is 18.0 Å². The maximum Gasteiger partial charge on any atom is 0.248 e. The molecule has 0 spiro atoms. The van der Waals surface area contributed by atoms with Crippen molar-refractivity contribution in [2.24, 2.45) is 5.92 Å². The number of carbonyl (C=O) groups excluding carboxylic acids is 2. The third-order valence-electron chi connectivity index (χ3n) is 3.59. The van der Waals surface area contributed by atoms with Gasteiger partial charge in [-0.1, -0.05) is 18.2 Å². The first-order chi connectivity index (χ1) is 10.9. The van der Waals surface area contributed by atoms with Crippen molar-refractivity contribution in [3.8, 4) is 0 Å². The Morgan fingerprint density at radius 1 is 1.22 bits per heavy atom. The van der Waals surface area contributed by atoms with Gasteiger partial charge in [0.2, 0.25) is 11.8 Å². The summed E-state index contributed by atoms with van der Waals surface area (Å²) >= 11 is 1.40. The SMILES string of the molecule is Cc1ccccc1SCC(=O)NNC(=O)C[C@@H]1CCS(=O)(=O)C1. The van der Waals surface area contributed by atoms with Gasteiger partial charge in [0.15, 0.2) is 9.84 Å². The Morgan fingerprint density at radius 3 is 2.57 bits per heavy atom. The van der Waals surface area contributed by atoms with Gasteiger partial charge in [0, 0.05) is 11.3 Å². The number of thioether (sulfide) groups is 1. The summed E-state index contributed by atoms with van der Waals surface area (Å²) in [7, 11) is -2.99. The van der Waals surface area contributed by atoms with Gasteiger partial charge in [-0.05, 0) is 30.9 Å². The third kappa shape index (κ3) is 5.87. The van der Waals surface area contributed by atoms with Gasteiger partial charge in [-0.3, -0.25) is 20.4 Å². The van der Waals surface area contributed by atoms with Gasteiger partial charge in [0.1, 0.15) is 0 Å². The summed E-state index contributed by atoms with van der Waals surface area (Å²) in [6.45, 7) is 1.97. The van der Waals surface area contributed by atoms with Crippen LogP contribution in [0.3, 0.4) is 0 Å². The lowest BCUT2D eigenvalue weighted by atomic mass is 10.1. The summed E-state index contributed by atoms with van der Waals surface area (Å²) in [6, 6.07) is 7.75. The molecule has 2 N–H and O–H groups in total. The molecule has 1 saturated heterocycles. The molecular formula is C15H20N2O4S2. The van der Waals surface area contributed by atoms with Crippen molar-refractivity contribution in [3.05, 3.63) is 29.8 Å². The normalized spacial score (nSPS) is 19.3. The number of hydrogen-bond donors (Lipinski definition) is 2. The van der Waals surface area contributed by atoms with Crippen LogP contribution in [-0.4, -0.2) is 37.5 Å². The minimum absolute atomic E-state index is 0.0531. The topological polar surface area (TPSA) is 92.3 Å². The second-order valence-electron chi connectivity index (χ2n) is 5.62. The number of amides is 2. The van der Waals surface area contributed by atoms with Crippen LogP contribution >= 0.6 is 11.8 Å². The molecule has 1 fully saturated rings. The fourth-order valence-electron chi connectivity index (χ4n) is 2.38. The van der Waals surface area contributed by atoms with Gasteiger partial charge in [-0.2, -0.15) is 0 Å². The van der Waals surface area contributed by atoms with Crippen LogP contribution in [0.15, 0.2) is 29.2 Å². The summed E-state index contributed by atoms with van der Waals surface area (Å²) in [5, 5.41) is 0. The average Bonchev–Trinajstić information content (AvgIpc) is 2.83. The molecular weight excluding hydrogens is 336 g/mol. The van der Waals surface area contributed by atoms with E-state index in [1.54, 1.807) is 0 Å². The molecule has 2 rings (SSSR count). The van der Waals surface area contributed by atoms with Gasteiger partial charge in [-0.25, -0.2) is 8.42 Å². The van der Waals surface area contributed by atoms with E-state index >= 15 is 0 Å². The number of carbonyl (C=O) groups is 2. The van der Waals surface area contributed by atoms with Gasteiger partial charge in [0.25, 0.3) is 0 Å². The lowest BCUT2D eigenvalue weighted by Gasteiger charge is -2.10. The predicted octanol–water partition coefficient (Wildman–Crippen LogP) is 1.06. The van der Waals surface area contributed by atoms with Gasteiger partial charge in [-0.15, -0.1) is 11.8 Å². The van der Waals surface area contributed by atoms with Crippen molar-refractivity contribution in [1.29, 1.82) is 0 Å². The summed E-state index contributed by atoms with van der Waals surface area (Å²) in [4.78, 5) is 24.5. The Balaban J connectivity index is 1.68. The maximum atomic E-state index is 11.7. The average molecular weight is 356 g/mol. The highest BCUT2D eigenvalue weighted by molar-refractivity contribution is 8.00. The first kappa shape index (κ1) is 17.8. The largest absolute Gasteiger partial charge is 0.273 e. The number of hydrogen-bond acceptors (Lipinski definition) is 5. The van der Waals surface area contributed by atoms with E-state index in [2.05, 4.69) is 10.9 Å². The highest BCUT2D eigenvalue weighted by atomic mass is 32.2. The minimum atomic E-state index is -2.99. The highest BCUT2D eigenvalue weighted by Gasteiger charge is 2.29. The second-order valence-corrected chi connectivity index (χ2v) is 8.87. The molecule has 2 amide bonds. The van der Waals surface area contributed by atoms with Gasteiger partial charge in [0.05, 0.1) is 17.3 Å². The number of hydrazine groups is 1. The van der Waals surface area contributed by atoms with E-state index in [0.717, 1.165) is 10.5 Å². The molecule has 1 aliphatic rings. The smallest absolute Gasteiger partial charge is 0.248 e. The molecule has 0 bridgehead atoms. The van der Waals surface area contributed by atoms with Crippen LogP contribution < -0.4 is 10.9 Å². The Bertz CT molecular complexity index is 688. The van der Waals surface area contributed by atoms with Crippen molar-refractivity contribution in [2.75, 3.05) is 17.3 Å². The van der Waals surface area contributed by atoms with Crippen LogP contribution in [0.5, 0.6) is 0 Å². The molecule has 23 heavy (non-hydrogen) atoms. The van der Waals surface area contributed by atoms with E-state index in [-0.39, 0.29) is 41.4 Å². The van der Waals surface area contributed by atoms with Crippen molar-refractivity contribution in [2.45, 2.75) is 24.7 Å². The van der Waals surface area contributed by atoms with Crippen molar-refractivity contribution in [1.82, 2.24) is 10.9 Å². The highest BCUT2D eigenvalue weighted by Crippen LogP contribution is 2.22. The van der Waals surface area contributed by atoms with E-state index in [1.165, 1.54) is 11.8 Å². The fourth-order valence-corrected chi connectivity index (χ4v) is 5.07. The molecule has 0 unspecified atom stereocenters. The molecule has 1 heterocycles. The number of rotatable bonds is 5. The molecule has 1 atom stereocenters. The van der Waals surface area contributed by atoms with Crippen LogP contribution in [-0.2, 0) is 19.4 Å². The number of benzene rings is 1. The third-order valence-corrected chi connectivity index (χ3v) is 6.61. The number of nitrogens with one attached hydrogen (secondary N) is 2. The molecule has 1 aromatic rings. The van der Waals surface area contributed by atoms with E-state index in [4.69, 9.17) is 0 Å². The van der Waals surface area contributed by atoms with Gasteiger partial charge < -0.3 is 0 Å². The minimum Gasteiger partial charge on any atom is -0.273 e. The first-order valence-corrected chi connectivity index (χ1v) is 10.1. The van der Waals surface area contributed by atoms with Crippen LogP contribution in [0, 0.1) is 12.8 Å². The van der Waals surface area contributed by atoms with Gasteiger partial charge >= 0.3 is 0 Å². The Kier molecular flexibility index (Phi) is 6.06. The summed E-state index contributed by atoms with van der Waals surface area (Å²) in [5.74, 6) is -0.421. The van der Waals surface area contributed by atoms with Crippen molar-refractivity contribution in [3.63, 3.8) is 0 Å². The Morgan fingerprint density at radius 2 is 1.91 bits per heavy atom. The maximum absolute atomic E-state index is 11.7. The zero-order chi connectivity index (χ0) is 16.9. The van der Waals surface area contributed by atoms with Crippen LogP contribution in [0.25, 0.3) is 0 Å². The lowest BCUT2D eigenvalue weighted by Crippen LogP contribution is -2.43. The number of aryl methyl sites for hydroxylation is 1. The monoisotopic (exact) mass is 356 g/mol. The molecule has 0 radical (unpaired) electrons. The molecule has 6 nitrogen and oxygen atoms in total. The Labute approximate surface area is 140 Å². The second kappa shape index (κ2) is 7.83. The molecule has 126 valence electrons. The summed E-state index contributed by atoms with van der Waals surface area (Å²) < 4.78 is 22.7. The molecule has 0 aliphatic carbocycles. The molecule has 1 aromatic carbocycles. The lowest BCUT2D eigenvalue weighted by molar-refractivity contribution is -0.128. The molecule has 0 aromatic heterocycles.